The van der Waals surface area contributed by atoms with Crippen molar-refractivity contribution in [2.24, 2.45) is 0 Å². The van der Waals surface area contributed by atoms with Gasteiger partial charge in [0.05, 0.1) is 28.8 Å². The zero-order valence-corrected chi connectivity index (χ0v) is 20.9. The Labute approximate surface area is 204 Å². The molecule has 1 aromatic carbocycles. The first kappa shape index (κ1) is 24.5. The molecule has 0 saturated carbocycles. The Morgan fingerprint density at radius 2 is 1.88 bits per heavy atom. The summed E-state index contributed by atoms with van der Waals surface area (Å²) >= 11 is 1.60. The number of carbonyl (C=O) groups is 1. The predicted octanol–water partition coefficient (Wildman–Crippen LogP) is 2.91. The first-order valence-electron chi connectivity index (χ1n) is 11.6. The minimum absolute atomic E-state index is 0.0877. The topological polar surface area (TPSA) is 110 Å². The summed E-state index contributed by atoms with van der Waals surface area (Å²) in [6, 6.07) is 8.19. The van der Waals surface area contributed by atoms with Gasteiger partial charge in [0.1, 0.15) is 5.82 Å². The highest BCUT2D eigenvalue weighted by molar-refractivity contribution is 7.99. The lowest BCUT2D eigenvalue weighted by Gasteiger charge is -2.28. The second-order valence-corrected chi connectivity index (χ2v) is 11.5. The lowest BCUT2D eigenvalue weighted by atomic mass is 10.1. The molecule has 0 radical (unpaired) electrons. The molecular weight excluding hydrogens is 472 g/mol. The highest BCUT2D eigenvalue weighted by Gasteiger charge is 2.20. The molecule has 2 aromatic heterocycles. The van der Waals surface area contributed by atoms with E-state index in [0.717, 1.165) is 53.7 Å². The Balaban J connectivity index is 1.39. The van der Waals surface area contributed by atoms with E-state index in [9.17, 15) is 13.2 Å². The number of fused-ring (bicyclic) bond motifs is 1. The standard InChI is InChI=1S/C23H30N6O3S2/c1-2-33-23-26-21(28-13-7-4-8-14-28)19-17-25-29(22(19)27-23)15-12-24-20(30)11-16-34(31,32)18-9-5-3-6-10-18/h3,5-6,9-10,17H,2,4,7-8,11-16H2,1H3,(H,24,30). The van der Waals surface area contributed by atoms with Crippen molar-refractivity contribution in [2.45, 2.75) is 49.2 Å². The molecule has 1 fully saturated rings. The van der Waals surface area contributed by atoms with E-state index in [1.54, 1.807) is 53.0 Å². The number of hydrogen-bond acceptors (Lipinski definition) is 8. The van der Waals surface area contributed by atoms with E-state index in [1.807, 2.05) is 0 Å². The molecule has 0 atom stereocenters. The van der Waals surface area contributed by atoms with Crippen LogP contribution in [-0.4, -0.2) is 65.2 Å². The second kappa shape index (κ2) is 11.2. The van der Waals surface area contributed by atoms with Crippen molar-refractivity contribution in [3.8, 4) is 0 Å². The van der Waals surface area contributed by atoms with Crippen molar-refractivity contribution < 1.29 is 13.2 Å². The number of nitrogens with zero attached hydrogens (tertiary/aromatic N) is 5. The van der Waals surface area contributed by atoms with Gasteiger partial charge in [0.25, 0.3) is 0 Å². The molecule has 1 amide bonds. The summed E-state index contributed by atoms with van der Waals surface area (Å²) in [5, 5.41) is 8.96. The lowest BCUT2D eigenvalue weighted by Crippen LogP contribution is -2.30. The van der Waals surface area contributed by atoms with Crippen molar-refractivity contribution in [1.82, 2.24) is 25.1 Å². The number of hydrogen-bond donors (Lipinski definition) is 1. The van der Waals surface area contributed by atoms with Gasteiger partial charge in [-0.25, -0.2) is 23.1 Å². The third-order valence-corrected chi connectivity index (χ3v) is 8.19. The first-order valence-corrected chi connectivity index (χ1v) is 14.3. The highest BCUT2D eigenvalue weighted by atomic mass is 32.2. The third-order valence-electron chi connectivity index (χ3n) is 5.73. The minimum Gasteiger partial charge on any atom is -0.356 e. The van der Waals surface area contributed by atoms with Crippen molar-refractivity contribution in [2.75, 3.05) is 36.0 Å². The van der Waals surface area contributed by atoms with Gasteiger partial charge in [0.15, 0.2) is 20.6 Å². The summed E-state index contributed by atoms with van der Waals surface area (Å²) in [7, 11) is -3.48. The van der Waals surface area contributed by atoms with Gasteiger partial charge in [-0.1, -0.05) is 36.9 Å². The summed E-state index contributed by atoms with van der Waals surface area (Å²) in [6.07, 6.45) is 5.26. The molecular formula is C23H30N6O3S2. The molecule has 1 aliphatic heterocycles. The van der Waals surface area contributed by atoms with Gasteiger partial charge in [0.2, 0.25) is 5.91 Å². The van der Waals surface area contributed by atoms with Gasteiger partial charge < -0.3 is 10.2 Å². The van der Waals surface area contributed by atoms with E-state index < -0.39 is 9.84 Å². The fraction of sp³-hybridized carbons (Fsp3) is 0.478. The molecule has 0 aliphatic carbocycles. The number of piperidine rings is 1. The van der Waals surface area contributed by atoms with Crippen LogP contribution in [0.5, 0.6) is 0 Å². The van der Waals surface area contributed by atoms with Crippen LogP contribution < -0.4 is 10.2 Å². The van der Waals surface area contributed by atoms with Crippen molar-refractivity contribution in [1.29, 1.82) is 0 Å². The summed E-state index contributed by atoms with van der Waals surface area (Å²) < 4.78 is 26.5. The maximum absolute atomic E-state index is 12.4. The molecule has 3 aromatic rings. The Hall–Kier alpha value is -2.66. The molecule has 34 heavy (non-hydrogen) atoms. The summed E-state index contributed by atoms with van der Waals surface area (Å²) in [5.74, 6) is 1.28. The van der Waals surface area contributed by atoms with Gasteiger partial charge in [0, 0.05) is 26.1 Å². The largest absolute Gasteiger partial charge is 0.356 e. The SMILES string of the molecule is CCSc1nc(N2CCCCC2)c2cnn(CCNC(=O)CCS(=O)(=O)c3ccccc3)c2n1. The summed E-state index contributed by atoms with van der Waals surface area (Å²) in [5.41, 5.74) is 0.757. The zero-order valence-electron chi connectivity index (χ0n) is 19.3. The van der Waals surface area contributed by atoms with Crippen molar-refractivity contribution >= 4 is 44.4 Å². The van der Waals surface area contributed by atoms with Crippen LogP contribution >= 0.6 is 11.8 Å². The highest BCUT2D eigenvalue weighted by Crippen LogP contribution is 2.29. The average Bonchev–Trinajstić information content (AvgIpc) is 3.26. The van der Waals surface area contributed by atoms with Gasteiger partial charge in [-0.15, -0.1) is 0 Å². The lowest BCUT2D eigenvalue weighted by molar-refractivity contribution is -0.120. The molecule has 182 valence electrons. The van der Waals surface area contributed by atoms with E-state index in [2.05, 4.69) is 22.2 Å². The van der Waals surface area contributed by atoms with E-state index in [0.29, 0.717) is 13.1 Å². The number of nitrogens with one attached hydrogen (secondary N) is 1. The van der Waals surface area contributed by atoms with Crippen LogP contribution in [0.3, 0.4) is 0 Å². The molecule has 0 bridgehead atoms. The Morgan fingerprint density at radius 1 is 1.12 bits per heavy atom. The number of carbonyl (C=O) groups excluding carboxylic acids is 1. The average molecular weight is 503 g/mol. The minimum atomic E-state index is -3.48. The number of thioether (sulfide) groups is 1. The Kier molecular flexibility index (Phi) is 8.04. The number of aromatic nitrogens is 4. The number of rotatable bonds is 10. The van der Waals surface area contributed by atoms with Crippen LogP contribution in [0, 0.1) is 0 Å². The molecule has 9 nitrogen and oxygen atoms in total. The van der Waals surface area contributed by atoms with Gasteiger partial charge in [-0.2, -0.15) is 5.10 Å². The zero-order chi connectivity index (χ0) is 24.0. The first-order chi connectivity index (χ1) is 16.5. The number of amides is 1. The van der Waals surface area contributed by atoms with Gasteiger partial charge in [-0.3, -0.25) is 4.79 Å². The number of anilines is 1. The van der Waals surface area contributed by atoms with Gasteiger partial charge in [-0.05, 0) is 37.1 Å². The molecule has 11 heteroatoms. The van der Waals surface area contributed by atoms with Gasteiger partial charge >= 0.3 is 0 Å². The van der Waals surface area contributed by atoms with Crippen LogP contribution in [0.25, 0.3) is 11.0 Å². The third kappa shape index (κ3) is 5.87. The van der Waals surface area contributed by atoms with Crippen LogP contribution in [-0.2, 0) is 21.2 Å². The van der Waals surface area contributed by atoms with E-state index in [4.69, 9.17) is 9.97 Å². The normalized spacial score (nSPS) is 14.4. The molecule has 1 aliphatic rings. The Bertz CT molecular complexity index is 1220. The monoisotopic (exact) mass is 502 g/mol. The molecule has 1 saturated heterocycles. The summed E-state index contributed by atoms with van der Waals surface area (Å²) in [6.45, 7) is 4.81. The molecule has 3 heterocycles. The molecule has 1 N–H and O–H groups in total. The van der Waals surface area contributed by atoms with Crippen molar-refractivity contribution in [3.05, 3.63) is 36.5 Å². The smallest absolute Gasteiger partial charge is 0.221 e. The molecule has 0 unspecified atom stereocenters. The Morgan fingerprint density at radius 3 is 2.62 bits per heavy atom. The van der Waals surface area contributed by atoms with Crippen LogP contribution in [0.2, 0.25) is 0 Å². The van der Waals surface area contributed by atoms with E-state index in [-0.39, 0.29) is 23.0 Å². The number of benzene rings is 1. The quantitative estimate of drug-likeness (QED) is 0.333. The second-order valence-electron chi connectivity index (χ2n) is 8.15. The predicted molar refractivity (Wildman–Crippen MR) is 134 cm³/mol. The van der Waals surface area contributed by atoms with Crippen molar-refractivity contribution in [3.63, 3.8) is 0 Å². The van der Waals surface area contributed by atoms with E-state index >= 15 is 0 Å². The van der Waals surface area contributed by atoms with Crippen LogP contribution in [0.15, 0.2) is 46.6 Å². The number of sulfone groups is 1. The molecule has 0 spiro atoms. The maximum Gasteiger partial charge on any atom is 0.221 e. The summed E-state index contributed by atoms with van der Waals surface area (Å²) in [4.78, 5) is 24.3. The molecule has 4 rings (SSSR count). The maximum atomic E-state index is 12.4. The van der Waals surface area contributed by atoms with E-state index in [1.165, 1.54) is 6.42 Å². The fourth-order valence-electron chi connectivity index (χ4n) is 3.99. The van der Waals surface area contributed by atoms with Crippen LogP contribution in [0.4, 0.5) is 5.82 Å². The fourth-order valence-corrected chi connectivity index (χ4v) is 5.81. The van der Waals surface area contributed by atoms with Crippen LogP contribution in [0.1, 0.15) is 32.6 Å².